The van der Waals surface area contributed by atoms with Gasteiger partial charge in [-0.05, 0) is 13.1 Å². The minimum atomic E-state index is -0.580. The van der Waals surface area contributed by atoms with Crippen molar-refractivity contribution in [3.63, 3.8) is 0 Å². The third-order valence-corrected chi connectivity index (χ3v) is 1.31. The highest BCUT2D eigenvalue weighted by atomic mass is 15.3. The van der Waals surface area contributed by atoms with Crippen molar-refractivity contribution in [2.24, 2.45) is 11.5 Å². The highest BCUT2D eigenvalue weighted by molar-refractivity contribution is 4.77. The highest BCUT2D eigenvalue weighted by Crippen LogP contribution is 1.83. The van der Waals surface area contributed by atoms with Crippen molar-refractivity contribution in [3.8, 4) is 0 Å². The number of likely N-dealkylation sites (N-methyl/N-ethyl adjacent to an activating group) is 2. The second-order valence-corrected chi connectivity index (χ2v) is 2.24. The van der Waals surface area contributed by atoms with Crippen molar-refractivity contribution >= 4 is 0 Å². The molecule has 0 aromatic heterocycles. The van der Waals surface area contributed by atoms with E-state index in [9.17, 15) is 0 Å². The van der Waals surface area contributed by atoms with Gasteiger partial charge in [-0.15, -0.1) is 0 Å². The van der Waals surface area contributed by atoms with E-state index in [4.69, 9.17) is 11.5 Å². The molecule has 0 aromatic carbocycles. The fraction of sp³-hybridized carbons (Fsp3) is 1.00. The summed E-state index contributed by atoms with van der Waals surface area (Å²) in [7, 11) is 0. The summed E-state index contributed by atoms with van der Waals surface area (Å²) < 4.78 is 0. The summed E-state index contributed by atoms with van der Waals surface area (Å²) in [6, 6.07) is 0. The molecule has 0 saturated heterocycles. The molecule has 0 amide bonds. The molecule has 62 valence electrons. The first-order valence-corrected chi connectivity index (χ1v) is 3.67. The highest BCUT2D eigenvalue weighted by Gasteiger charge is 2.18. The minimum Gasteiger partial charge on any atom is -0.326 e. The molecular weight excluding hydrogens is 128 g/mol. The second kappa shape index (κ2) is 4.62. The SMILES string of the molecule is CCNC(N)(CN)NCC. The quantitative estimate of drug-likeness (QED) is 0.367. The van der Waals surface area contributed by atoms with Gasteiger partial charge in [0, 0.05) is 6.54 Å². The lowest BCUT2D eigenvalue weighted by Crippen LogP contribution is -2.68. The van der Waals surface area contributed by atoms with Crippen molar-refractivity contribution in [3.05, 3.63) is 0 Å². The van der Waals surface area contributed by atoms with Gasteiger partial charge in [0.1, 0.15) is 5.79 Å². The second-order valence-electron chi connectivity index (χ2n) is 2.24. The number of nitrogens with two attached hydrogens (primary N) is 2. The molecule has 0 aromatic rings. The Bertz CT molecular complexity index is 77.8. The summed E-state index contributed by atoms with van der Waals surface area (Å²) in [5.74, 6) is -0.580. The zero-order chi connectivity index (χ0) is 8.04. The molecule has 0 unspecified atom stereocenters. The van der Waals surface area contributed by atoms with E-state index in [2.05, 4.69) is 10.6 Å². The molecule has 0 spiro atoms. The normalized spacial score (nSPS) is 12.0. The van der Waals surface area contributed by atoms with Crippen LogP contribution in [-0.4, -0.2) is 25.4 Å². The van der Waals surface area contributed by atoms with Gasteiger partial charge in [0.05, 0.1) is 0 Å². The molecular formula is C6H18N4. The molecule has 10 heavy (non-hydrogen) atoms. The van der Waals surface area contributed by atoms with Gasteiger partial charge in [-0.1, -0.05) is 13.8 Å². The Hall–Kier alpha value is -0.160. The average molecular weight is 146 g/mol. The first-order valence-electron chi connectivity index (χ1n) is 3.67. The maximum absolute atomic E-state index is 5.77. The van der Waals surface area contributed by atoms with Crippen molar-refractivity contribution in [1.29, 1.82) is 0 Å². The fourth-order valence-corrected chi connectivity index (χ4v) is 0.838. The molecule has 0 saturated carbocycles. The van der Waals surface area contributed by atoms with Gasteiger partial charge in [0.15, 0.2) is 0 Å². The molecule has 6 N–H and O–H groups in total. The van der Waals surface area contributed by atoms with Gasteiger partial charge < -0.3 is 5.73 Å². The summed E-state index contributed by atoms with van der Waals surface area (Å²) in [5.41, 5.74) is 11.2. The molecule has 0 bridgehead atoms. The van der Waals surface area contributed by atoms with E-state index in [-0.39, 0.29) is 0 Å². The van der Waals surface area contributed by atoms with E-state index in [0.717, 1.165) is 13.1 Å². The van der Waals surface area contributed by atoms with Crippen LogP contribution >= 0.6 is 0 Å². The Morgan fingerprint density at radius 3 is 1.80 bits per heavy atom. The van der Waals surface area contributed by atoms with Crippen LogP contribution in [0, 0.1) is 0 Å². The van der Waals surface area contributed by atoms with Crippen LogP contribution in [0.15, 0.2) is 0 Å². The summed E-state index contributed by atoms with van der Waals surface area (Å²) >= 11 is 0. The maximum Gasteiger partial charge on any atom is 0.133 e. The third kappa shape index (κ3) is 3.12. The van der Waals surface area contributed by atoms with Crippen LogP contribution in [-0.2, 0) is 0 Å². The molecule has 0 heterocycles. The van der Waals surface area contributed by atoms with Gasteiger partial charge in [0.2, 0.25) is 0 Å². The monoisotopic (exact) mass is 146 g/mol. The topological polar surface area (TPSA) is 76.1 Å². The zero-order valence-electron chi connectivity index (χ0n) is 6.78. The zero-order valence-corrected chi connectivity index (χ0v) is 6.78. The van der Waals surface area contributed by atoms with Crippen LogP contribution in [0.2, 0.25) is 0 Å². The van der Waals surface area contributed by atoms with Gasteiger partial charge in [-0.3, -0.25) is 16.4 Å². The Kier molecular flexibility index (Phi) is 4.55. The summed E-state index contributed by atoms with van der Waals surface area (Å²) in [6.45, 7) is 6.03. The summed E-state index contributed by atoms with van der Waals surface area (Å²) in [6.07, 6.45) is 0. The van der Waals surface area contributed by atoms with E-state index < -0.39 is 5.79 Å². The maximum atomic E-state index is 5.77. The van der Waals surface area contributed by atoms with Crippen LogP contribution in [0.1, 0.15) is 13.8 Å². The van der Waals surface area contributed by atoms with Crippen LogP contribution < -0.4 is 22.1 Å². The number of rotatable bonds is 5. The van der Waals surface area contributed by atoms with Crippen molar-refractivity contribution in [1.82, 2.24) is 10.6 Å². The molecule has 0 fully saturated rings. The largest absolute Gasteiger partial charge is 0.326 e. The van der Waals surface area contributed by atoms with Gasteiger partial charge in [0.25, 0.3) is 0 Å². The number of nitrogens with one attached hydrogen (secondary N) is 2. The molecule has 0 atom stereocenters. The van der Waals surface area contributed by atoms with Gasteiger partial charge in [-0.25, -0.2) is 0 Å². The van der Waals surface area contributed by atoms with E-state index in [0.29, 0.717) is 6.54 Å². The third-order valence-electron chi connectivity index (χ3n) is 1.31. The van der Waals surface area contributed by atoms with Crippen LogP contribution in [0.25, 0.3) is 0 Å². The van der Waals surface area contributed by atoms with E-state index in [1.54, 1.807) is 0 Å². The predicted molar refractivity (Wildman–Crippen MR) is 43.3 cm³/mol. The molecule has 4 nitrogen and oxygen atoms in total. The van der Waals surface area contributed by atoms with Crippen molar-refractivity contribution in [2.75, 3.05) is 19.6 Å². The smallest absolute Gasteiger partial charge is 0.133 e. The Morgan fingerprint density at radius 2 is 1.60 bits per heavy atom. The Labute approximate surface area is 62.3 Å². The fourth-order valence-electron chi connectivity index (χ4n) is 0.838. The number of hydrogen-bond acceptors (Lipinski definition) is 4. The first kappa shape index (κ1) is 9.84. The lowest BCUT2D eigenvalue weighted by molar-refractivity contribution is 0.284. The standard InChI is InChI=1S/C6H18N4/c1-3-9-6(8,5-7)10-4-2/h9-10H,3-5,7-8H2,1-2H3. The summed E-state index contributed by atoms with van der Waals surface area (Å²) in [5, 5.41) is 6.10. The lowest BCUT2D eigenvalue weighted by atomic mass is 10.3. The molecule has 0 rings (SSSR count). The van der Waals surface area contributed by atoms with Crippen molar-refractivity contribution in [2.45, 2.75) is 19.6 Å². The van der Waals surface area contributed by atoms with Gasteiger partial charge in [-0.2, -0.15) is 0 Å². The Morgan fingerprint density at radius 1 is 1.20 bits per heavy atom. The molecule has 4 heteroatoms. The Balaban J connectivity index is 3.69. The van der Waals surface area contributed by atoms with Gasteiger partial charge >= 0.3 is 0 Å². The average Bonchev–Trinajstić information content (AvgIpc) is 1.89. The minimum absolute atomic E-state index is 0.397. The molecule has 0 aliphatic carbocycles. The van der Waals surface area contributed by atoms with Crippen LogP contribution in [0.4, 0.5) is 0 Å². The summed E-state index contributed by atoms with van der Waals surface area (Å²) in [4.78, 5) is 0. The predicted octanol–water partition coefficient (Wildman–Crippen LogP) is -1.22. The molecule has 0 aliphatic rings. The lowest BCUT2D eigenvalue weighted by Gasteiger charge is -2.29. The van der Waals surface area contributed by atoms with Crippen molar-refractivity contribution < 1.29 is 0 Å². The first-order chi connectivity index (χ1) is 4.68. The molecule has 0 aliphatic heterocycles. The van der Waals surface area contributed by atoms with E-state index in [1.165, 1.54) is 0 Å². The van der Waals surface area contributed by atoms with E-state index in [1.807, 2.05) is 13.8 Å². The van der Waals surface area contributed by atoms with Crippen LogP contribution in [0.5, 0.6) is 0 Å². The van der Waals surface area contributed by atoms with E-state index >= 15 is 0 Å². The number of hydrogen-bond donors (Lipinski definition) is 4. The van der Waals surface area contributed by atoms with Crippen LogP contribution in [0.3, 0.4) is 0 Å². The molecule has 0 radical (unpaired) electrons.